The van der Waals surface area contributed by atoms with E-state index in [9.17, 15) is 4.79 Å². The lowest BCUT2D eigenvalue weighted by Crippen LogP contribution is -2.34. The Balaban J connectivity index is 1.92. The molecule has 2 heterocycles. The van der Waals surface area contributed by atoms with E-state index in [2.05, 4.69) is 4.98 Å². The lowest BCUT2D eigenvalue weighted by atomic mass is 10.2. The van der Waals surface area contributed by atoms with Gasteiger partial charge in [0.05, 0.1) is 13.7 Å². The van der Waals surface area contributed by atoms with Gasteiger partial charge in [-0.05, 0) is 35.9 Å². The van der Waals surface area contributed by atoms with Crippen molar-refractivity contribution in [3.05, 3.63) is 60.0 Å². The van der Waals surface area contributed by atoms with E-state index in [1.807, 2.05) is 48.0 Å². The van der Waals surface area contributed by atoms with Crippen molar-refractivity contribution in [1.82, 2.24) is 14.5 Å². The van der Waals surface area contributed by atoms with Crippen LogP contribution in [0.4, 0.5) is 0 Å². The van der Waals surface area contributed by atoms with Gasteiger partial charge in [-0.25, -0.2) is 0 Å². The van der Waals surface area contributed by atoms with Crippen LogP contribution in [0.5, 0.6) is 5.75 Å². The highest BCUT2D eigenvalue weighted by molar-refractivity contribution is 5.99. The maximum absolute atomic E-state index is 13.2. The molecule has 0 aliphatic carbocycles. The summed E-state index contributed by atoms with van der Waals surface area (Å²) < 4.78 is 12.4. The van der Waals surface area contributed by atoms with Gasteiger partial charge in [-0.1, -0.05) is 6.07 Å². The molecule has 3 aromatic rings. The monoisotopic (exact) mass is 353 g/mol. The van der Waals surface area contributed by atoms with Gasteiger partial charge in [0.2, 0.25) is 0 Å². The first-order chi connectivity index (χ1) is 12.6. The molecule has 0 unspecified atom stereocenters. The summed E-state index contributed by atoms with van der Waals surface area (Å²) in [5.74, 6) is 0.734. The van der Waals surface area contributed by atoms with Crippen molar-refractivity contribution in [2.45, 2.75) is 6.54 Å². The number of rotatable bonds is 7. The Hall–Kier alpha value is -2.86. The summed E-state index contributed by atoms with van der Waals surface area (Å²) in [6, 6.07) is 11.5. The summed E-state index contributed by atoms with van der Waals surface area (Å²) in [5.41, 5.74) is 2.60. The first-order valence-electron chi connectivity index (χ1n) is 8.44. The van der Waals surface area contributed by atoms with Crippen molar-refractivity contribution in [1.29, 1.82) is 0 Å². The molecule has 0 saturated carbocycles. The summed E-state index contributed by atoms with van der Waals surface area (Å²) in [5, 5.41) is 0.975. The Morgan fingerprint density at radius 1 is 1.23 bits per heavy atom. The fourth-order valence-corrected chi connectivity index (χ4v) is 2.99. The normalized spacial score (nSPS) is 10.9. The fraction of sp³-hybridized carbons (Fsp3) is 0.300. The molecule has 6 heteroatoms. The van der Waals surface area contributed by atoms with Crippen LogP contribution in [0.3, 0.4) is 0 Å². The zero-order valence-electron chi connectivity index (χ0n) is 15.3. The van der Waals surface area contributed by atoms with Gasteiger partial charge < -0.3 is 18.9 Å². The molecule has 0 radical (unpaired) electrons. The summed E-state index contributed by atoms with van der Waals surface area (Å²) in [7, 11) is 5.17. The smallest absolute Gasteiger partial charge is 0.270 e. The molecule has 0 saturated heterocycles. The zero-order chi connectivity index (χ0) is 18.5. The number of carbonyl (C=O) groups excluding carboxylic acids is 1. The number of hydrogen-bond donors (Lipinski definition) is 0. The third-order valence-electron chi connectivity index (χ3n) is 4.42. The number of fused-ring (bicyclic) bond motifs is 1. The lowest BCUT2D eigenvalue weighted by Gasteiger charge is -2.22. The van der Waals surface area contributed by atoms with Crippen LogP contribution in [0.2, 0.25) is 0 Å². The summed E-state index contributed by atoms with van der Waals surface area (Å²) >= 11 is 0. The number of carbonyl (C=O) groups is 1. The highest BCUT2D eigenvalue weighted by Crippen LogP contribution is 2.24. The Kier molecular flexibility index (Phi) is 5.53. The number of pyridine rings is 1. The Bertz CT molecular complexity index is 890. The minimum Gasteiger partial charge on any atom is -0.497 e. The SMILES string of the molecule is COCCN(Cc1cccnc1)C(=O)c1cc2cc(OC)ccc2n1C. The predicted octanol–water partition coefficient (Wildman–Crippen LogP) is 2.87. The van der Waals surface area contributed by atoms with E-state index in [-0.39, 0.29) is 5.91 Å². The molecule has 26 heavy (non-hydrogen) atoms. The van der Waals surface area contributed by atoms with E-state index in [1.165, 1.54) is 0 Å². The van der Waals surface area contributed by atoms with Crippen LogP contribution in [0.25, 0.3) is 10.9 Å². The van der Waals surface area contributed by atoms with Crippen molar-refractivity contribution >= 4 is 16.8 Å². The second kappa shape index (κ2) is 8.01. The minimum absolute atomic E-state index is 0.0384. The molecule has 2 aromatic heterocycles. The average Bonchev–Trinajstić information content (AvgIpc) is 3.01. The fourth-order valence-electron chi connectivity index (χ4n) is 2.99. The molecule has 1 aromatic carbocycles. The molecule has 0 N–H and O–H groups in total. The summed E-state index contributed by atoms with van der Waals surface area (Å²) in [6.45, 7) is 1.47. The molecule has 0 spiro atoms. The van der Waals surface area contributed by atoms with Crippen LogP contribution >= 0.6 is 0 Å². The van der Waals surface area contributed by atoms with Gasteiger partial charge in [0, 0.05) is 50.5 Å². The van der Waals surface area contributed by atoms with Gasteiger partial charge in [-0.15, -0.1) is 0 Å². The second-order valence-electron chi connectivity index (χ2n) is 6.09. The van der Waals surface area contributed by atoms with Crippen molar-refractivity contribution in [2.24, 2.45) is 7.05 Å². The van der Waals surface area contributed by atoms with Gasteiger partial charge in [0.15, 0.2) is 0 Å². The van der Waals surface area contributed by atoms with E-state index >= 15 is 0 Å². The molecule has 0 bridgehead atoms. The van der Waals surface area contributed by atoms with Crippen LogP contribution in [0.1, 0.15) is 16.1 Å². The van der Waals surface area contributed by atoms with Crippen LogP contribution in [0, 0.1) is 0 Å². The number of amides is 1. The van der Waals surface area contributed by atoms with Crippen molar-refractivity contribution in [2.75, 3.05) is 27.4 Å². The van der Waals surface area contributed by atoms with E-state index in [1.54, 1.807) is 31.5 Å². The number of hydrogen-bond acceptors (Lipinski definition) is 4. The quantitative estimate of drug-likeness (QED) is 0.655. The maximum Gasteiger partial charge on any atom is 0.270 e. The molecule has 0 aliphatic rings. The molecule has 1 amide bonds. The van der Waals surface area contributed by atoms with E-state index in [4.69, 9.17) is 9.47 Å². The molecule has 136 valence electrons. The summed E-state index contributed by atoms with van der Waals surface area (Å²) in [6.07, 6.45) is 3.50. The van der Waals surface area contributed by atoms with Crippen LogP contribution in [-0.4, -0.2) is 47.7 Å². The highest BCUT2D eigenvalue weighted by atomic mass is 16.5. The first-order valence-corrected chi connectivity index (χ1v) is 8.44. The highest BCUT2D eigenvalue weighted by Gasteiger charge is 2.20. The van der Waals surface area contributed by atoms with Crippen LogP contribution < -0.4 is 4.74 Å². The third kappa shape index (κ3) is 3.70. The number of methoxy groups -OCH3 is 2. The molecular formula is C20H23N3O3. The van der Waals surface area contributed by atoms with Gasteiger partial charge in [-0.2, -0.15) is 0 Å². The molecule has 0 fully saturated rings. The molecule has 0 atom stereocenters. The number of benzene rings is 1. The van der Waals surface area contributed by atoms with Gasteiger partial charge >= 0.3 is 0 Å². The van der Waals surface area contributed by atoms with Crippen molar-refractivity contribution < 1.29 is 14.3 Å². The van der Waals surface area contributed by atoms with Gasteiger partial charge in [0.25, 0.3) is 5.91 Å². The number of aryl methyl sites for hydroxylation is 1. The number of aromatic nitrogens is 2. The van der Waals surface area contributed by atoms with Crippen LogP contribution in [0.15, 0.2) is 48.8 Å². The second-order valence-corrected chi connectivity index (χ2v) is 6.09. The molecular weight excluding hydrogens is 330 g/mol. The van der Waals surface area contributed by atoms with Crippen molar-refractivity contribution in [3.63, 3.8) is 0 Å². The van der Waals surface area contributed by atoms with Crippen LogP contribution in [-0.2, 0) is 18.3 Å². The predicted molar refractivity (Wildman–Crippen MR) is 100 cm³/mol. The summed E-state index contributed by atoms with van der Waals surface area (Å²) in [4.78, 5) is 19.1. The first kappa shape index (κ1) is 17.9. The van der Waals surface area contributed by atoms with E-state index < -0.39 is 0 Å². The molecule has 0 aliphatic heterocycles. The molecule has 3 rings (SSSR count). The lowest BCUT2D eigenvalue weighted by molar-refractivity contribution is 0.0671. The number of ether oxygens (including phenoxy) is 2. The van der Waals surface area contributed by atoms with Crippen molar-refractivity contribution in [3.8, 4) is 5.75 Å². The van der Waals surface area contributed by atoms with E-state index in [0.29, 0.717) is 25.4 Å². The van der Waals surface area contributed by atoms with E-state index in [0.717, 1.165) is 22.2 Å². The standard InChI is InChI=1S/C20H23N3O3/c1-22-18-7-6-17(26-3)11-16(18)12-19(22)20(24)23(9-10-25-2)14-15-5-4-8-21-13-15/h4-8,11-13H,9-10,14H2,1-3H3. The number of nitrogens with zero attached hydrogens (tertiary/aromatic N) is 3. The third-order valence-corrected chi connectivity index (χ3v) is 4.42. The topological polar surface area (TPSA) is 56.6 Å². The Labute approximate surface area is 153 Å². The largest absolute Gasteiger partial charge is 0.497 e. The Morgan fingerprint density at radius 2 is 2.08 bits per heavy atom. The van der Waals surface area contributed by atoms with Gasteiger partial charge in [0.1, 0.15) is 11.4 Å². The zero-order valence-corrected chi connectivity index (χ0v) is 15.3. The average molecular weight is 353 g/mol. The molecule has 6 nitrogen and oxygen atoms in total. The Morgan fingerprint density at radius 3 is 2.77 bits per heavy atom. The van der Waals surface area contributed by atoms with Gasteiger partial charge in [-0.3, -0.25) is 9.78 Å². The minimum atomic E-state index is -0.0384. The maximum atomic E-state index is 13.2.